The second kappa shape index (κ2) is 6.04. The molecule has 0 saturated heterocycles. The summed E-state index contributed by atoms with van der Waals surface area (Å²) in [6, 6.07) is 3.23. The van der Waals surface area contributed by atoms with Gasteiger partial charge in [-0.05, 0) is 38.2 Å². The first kappa shape index (κ1) is 13.8. The number of aromatic nitrogens is 1. The van der Waals surface area contributed by atoms with E-state index in [9.17, 15) is 4.79 Å². The summed E-state index contributed by atoms with van der Waals surface area (Å²) in [5, 5.41) is 8.96. The molecule has 1 fully saturated rings. The van der Waals surface area contributed by atoms with Gasteiger partial charge in [-0.2, -0.15) is 0 Å². The van der Waals surface area contributed by atoms with Gasteiger partial charge in [0.2, 0.25) is 5.88 Å². The summed E-state index contributed by atoms with van der Waals surface area (Å²) in [5.74, 6) is 0.350. The highest BCUT2D eigenvalue weighted by Crippen LogP contribution is 2.29. The van der Waals surface area contributed by atoms with Crippen LogP contribution >= 0.6 is 0 Å². The topological polar surface area (TPSA) is 59.4 Å². The van der Waals surface area contributed by atoms with E-state index >= 15 is 0 Å². The Balaban J connectivity index is 2.03. The van der Waals surface area contributed by atoms with Crippen LogP contribution in [0.15, 0.2) is 12.1 Å². The van der Waals surface area contributed by atoms with Crippen LogP contribution in [0.5, 0.6) is 5.88 Å². The number of aromatic carboxylic acids is 1. The highest BCUT2D eigenvalue weighted by Gasteiger charge is 2.22. The van der Waals surface area contributed by atoms with E-state index in [0.29, 0.717) is 11.6 Å². The highest BCUT2D eigenvalue weighted by molar-refractivity contribution is 5.88. The van der Waals surface area contributed by atoms with Gasteiger partial charge in [-0.3, -0.25) is 0 Å². The Labute approximate surface area is 113 Å². The maximum Gasteiger partial charge on any atom is 0.337 e. The summed E-state index contributed by atoms with van der Waals surface area (Å²) in [6.45, 7) is 3.92. The number of nitrogens with zero attached hydrogens (tertiary/aromatic N) is 1. The zero-order valence-corrected chi connectivity index (χ0v) is 11.6. The summed E-state index contributed by atoms with van der Waals surface area (Å²) in [4.78, 5) is 15.2. The number of carboxylic acids is 1. The Kier molecular flexibility index (Phi) is 4.40. The minimum Gasteiger partial charge on any atom is -0.478 e. The quantitative estimate of drug-likeness (QED) is 0.904. The van der Waals surface area contributed by atoms with Crippen molar-refractivity contribution in [2.24, 2.45) is 5.92 Å². The summed E-state index contributed by atoms with van der Waals surface area (Å²) < 4.78 is 5.90. The molecule has 0 amide bonds. The number of aryl methyl sites for hydroxylation is 1. The summed E-state index contributed by atoms with van der Waals surface area (Å²) in [6.07, 6.45) is 6.07. The van der Waals surface area contributed by atoms with Crippen LogP contribution < -0.4 is 4.74 Å². The van der Waals surface area contributed by atoms with Crippen molar-refractivity contribution in [2.75, 3.05) is 0 Å². The maximum atomic E-state index is 10.9. The Hall–Kier alpha value is -1.58. The molecule has 2 rings (SSSR count). The average molecular weight is 263 g/mol. The van der Waals surface area contributed by atoms with Crippen LogP contribution in [-0.2, 0) is 0 Å². The van der Waals surface area contributed by atoms with E-state index < -0.39 is 5.97 Å². The van der Waals surface area contributed by atoms with Crippen molar-refractivity contribution in [3.63, 3.8) is 0 Å². The molecule has 1 heterocycles. The Morgan fingerprint density at radius 1 is 1.47 bits per heavy atom. The Bertz CT molecular complexity index is 459. The fourth-order valence-corrected chi connectivity index (χ4v) is 2.72. The molecule has 1 saturated carbocycles. The zero-order chi connectivity index (χ0) is 13.8. The molecule has 1 aromatic heterocycles. The van der Waals surface area contributed by atoms with Gasteiger partial charge in [0.15, 0.2) is 0 Å². The van der Waals surface area contributed by atoms with Gasteiger partial charge < -0.3 is 9.84 Å². The number of carboxylic acid groups (broad SMARTS) is 1. The van der Waals surface area contributed by atoms with E-state index in [1.807, 2.05) is 0 Å². The van der Waals surface area contributed by atoms with Crippen molar-refractivity contribution in [3.8, 4) is 5.88 Å². The smallest absolute Gasteiger partial charge is 0.337 e. The van der Waals surface area contributed by atoms with Crippen molar-refractivity contribution >= 4 is 5.97 Å². The zero-order valence-electron chi connectivity index (χ0n) is 11.6. The van der Waals surface area contributed by atoms with E-state index in [4.69, 9.17) is 9.84 Å². The predicted octanol–water partition coefficient (Wildman–Crippen LogP) is 3.44. The van der Waals surface area contributed by atoms with Crippen LogP contribution in [0.2, 0.25) is 0 Å². The van der Waals surface area contributed by atoms with Crippen LogP contribution in [0.25, 0.3) is 0 Å². The summed E-state index contributed by atoms with van der Waals surface area (Å²) >= 11 is 0. The van der Waals surface area contributed by atoms with Crippen molar-refractivity contribution < 1.29 is 14.6 Å². The molecule has 1 aliphatic carbocycles. The molecule has 0 bridgehead atoms. The molecule has 1 N–H and O–H groups in total. The van der Waals surface area contributed by atoms with Gasteiger partial charge in [0, 0.05) is 6.07 Å². The molecule has 2 atom stereocenters. The van der Waals surface area contributed by atoms with E-state index in [1.54, 1.807) is 19.1 Å². The molecule has 4 heteroatoms. The minimum atomic E-state index is -0.944. The van der Waals surface area contributed by atoms with Gasteiger partial charge in [-0.25, -0.2) is 9.78 Å². The first-order valence-corrected chi connectivity index (χ1v) is 6.97. The number of hydrogen-bond acceptors (Lipinski definition) is 3. The molecule has 2 unspecified atom stereocenters. The molecule has 0 radical (unpaired) electrons. The molecule has 0 aliphatic heterocycles. The Morgan fingerprint density at radius 3 is 2.89 bits per heavy atom. The summed E-state index contributed by atoms with van der Waals surface area (Å²) in [5.41, 5.74) is 0.746. The number of ether oxygens (including phenoxy) is 1. The van der Waals surface area contributed by atoms with Gasteiger partial charge >= 0.3 is 5.97 Å². The Morgan fingerprint density at radius 2 is 2.26 bits per heavy atom. The average Bonchev–Trinajstić information content (AvgIpc) is 2.38. The fraction of sp³-hybridized carbons (Fsp3) is 0.600. The second-order valence-electron chi connectivity index (χ2n) is 5.27. The largest absolute Gasteiger partial charge is 0.478 e. The maximum absolute atomic E-state index is 10.9. The third kappa shape index (κ3) is 3.46. The normalized spacial score (nSPS) is 23.1. The van der Waals surface area contributed by atoms with E-state index in [0.717, 1.165) is 18.8 Å². The van der Waals surface area contributed by atoms with E-state index in [2.05, 4.69) is 11.9 Å². The third-order valence-electron chi connectivity index (χ3n) is 3.89. The molecule has 4 nitrogen and oxygen atoms in total. The molecular weight excluding hydrogens is 242 g/mol. The molecule has 104 valence electrons. The standard InChI is InChI=1S/C15H21NO3/c1-3-11-5-4-6-12(9-11)19-14-8-7-13(15(17)18)10(2)16-14/h7-8,11-12H,3-6,9H2,1-2H3,(H,17,18). The molecule has 0 spiro atoms. The van der Waals surface area contributed by atoms with Crippen LogP contribution in [0, 0.1) is 12.8 Å². The van der Waals surface area contributed by atoms with Gasteiger partial charge in [0.1, 0.15) is 6.10 Å². The molecular formula is C15H21NO3. The number of rotatable bonds is 4. The lowest BCUT2D eigenvalue weighted by atomic mass is 9.85. The lowest BCUT2D eigenvalue weighted by molar-refractivity contribution is 0.0695. The number of pyridine rings is 1. The molecule has 1 aliphatic rings. The van der Waals surface area contributed by atoms with Gasteiger partial charge in [0.25, 0.3) is 0 Å². The van der Waals surface area contributed by atoms with Crippen molar-refractivity contribution in [2.45, 2.75) is 52.1 Å². The van der Waals surface area contributed by atoms with Crippen LogP contribution in [0.4, 0.5) is 0 Å². The van der Waals surface area contributed by atoms with E-state index in [-0.39, 0.29) is 11.7 Å². The first-order chi connectivity index (χ1) is 9.10. The minimum absolute atomic E-state index is 0.223. The van der Waals surface area contributed by atoms with Crippen LogP contribution in [-0.4, -0.2) is 22.2 Å². The molecule has 0 aromatic carbocycles. The lowest BCUT2D eigenvalue weighted by Crippen LogP contribution is -2.25. The monoisotopic (exact) mass is 263 g/mol. The van der Waals surface area contributed by atoms with E-state index in [1.165, 1.54) is 19.3 Å². The highest BCUT2D eigenvalue weighted by atomic mass is 16.5. The van der Waals surface area contributed by atoms with Crippen molar-refractivity contribution in [1.29, 1.82) is 0 Å². The molecule has 19 heavy (non-hydrogen) atoms. The molecule has 1 aromatic rings. The van der Waals surface area contributed by atoms with Gasteiger partial charge in [-0.1, -0.05) is 19.8 Å². The fourth-order valence-electron chi connectivity index (χ4n) is 2.72. The third-order valence-corrected chi connectivity index (χ3v) is 3.89. The van der Waals surface area contributed by atoms with Gasteiger partial charge in [0.05, 0.1) is 11.3 Å². The SMILES string of the molecule is CCC1CCCC(Oc2ccc(C(=O)O)c(C)n2)C1. The number of carbonyl (C=O) groups is 1. The summed E-state index contributed by atoms with van der Waals surface area (Å²) in [7, 11) is 0. The predicted molar refractivity (Wildman–Crippen MR) is 72.6 cm³/mol. The second-order valence-corrected chi connectivity index (χ2v) is 5.27. The number of hydrogen-bond donors (Lipinski definition) is 1. The first-order valence-electron chi connectivity index (χ1n) is 6.97. The van der Waals surface area contributed by atoms with Gasteiger partial charge in [-0.15, -0.1) is 0 Å². The van der Waals surface area contributed by atoms with Crippen molar-refractivity contribution in [1.82, 2.24) is 4.98 Å². The van der Waals surface area contributed by atoms with Crippen LogP contribution in [0.1, 0.15) is 55.1 Å². The van der Waals surface area contributed by atoms with Crippen LogP contribution in [0.3, 0.4) is 0 Å². The van der Waals surface area contributed by atoms with Crippen molar-refractivity contribution in [3.05, 3.63) is 23.4 Å². The lowest BCUT2D eigenvalue weighted by Gasteiger charge is -2.28.